The van der Waals surface area contributed by atoms with Gasteiger partial charge in [0, 0.05) is 16.3 Å². The van der Waals surface area contributed by atoms with Crippen molar-refractivity contribution in [2.75, 3.05) is 11.5 Å². The second-order valence-electron chi connectivity index (χ2n) is 8.33. The molecule has 6 nitrogen and oxygen atoms in total. The maximum Gasteiger partial charge on any atom is 0.300 e. The molecule has 1 aliphatic heterocycles. The van der Waals surface area contributed by atoms with Gasteiger partial charge >= 0.3 is 0 Å². The first-order valence-corrected chi connectivity index (χ1v) is 11.0. The SMILES string of the molecule is Cc1ccc(C2/C(=C(/O)c3cccc(OCC(C)C)c3)C(=O)C(=O)N2c2cccc(Cl)c2)o1. The zero-order valence-corrected chi connectivity index (χ0v) is 19.3. The number of anilines is 1. The van der Waals surface area contributed by atoms with Gasteiger partial charge in [-0.1, -0.05) is 43.6 Å². The Kier molecular flexibility index (Phi) is 6.29. The van der Waals surface area contributed by atoms with Crippen molar-refractivity contribution in [1.82, 2.24) is 0 Å². The Hall–Kier alpha value is -3.51. The topological polar surface area (TPSA) is 80.0 Å². The number of aliphatic hydroxyl groups excluding tert-OH is 1. The van der Waals surface area contributed by atoms with Crippen LogP contribution in [-0.4, -0.2) is 23.4 Å². The molecular formula is C26H24ClNO5. The van der Waals surface area contributed by atoms with E-state index >= 15 is 0 Å². The molecule has 4 rings (SSSR count). The standard InChI is InChI=1S/C26H24ClNO5/c1-15(2)14-32-20-9-4-6-17(12-20)24(29)22-23(21-11-10-16(3)33-21)28(26(31)25(22)30)19-8-5-7-18(27)13-19/h4-13,15,23,29H,14H2,1-3H3/b24-22-. The minimum Gasteiger partial charge on any atom is -0.507 e. The predicted molar refractivity (Wildman–Crippen MR) is 126 cm³/mol. The van der Waals surface area contributed by atoms with Gasteiger partial charge in [0.2, 0.25) is 0 Å². The molecule has 0 saturated carbocycles. The quantitative estimate of drug-likeness (QED) is 0.278. The van der Waals surface area contributed by atoms with Crippen LogP contribution in [0.4, 0.5) is 5.69 Å². The largest absolute Gasteiger partial charge is 0.507 e. The van der Waals surface area contributed by atoms with Crippen molar-refractivity contribution in [1.29, 1.82) is 0 Å². The number of ether oxygens (including phenoxy) is 1. The average Bonchev–Trinajstić information content (AvgIpc) is 3.33. The second kappa shape index (κ2) is 9.16. The lowest BCUT2D eigenvalue weighted by atomic mass is 9.99. The fraction of sp³-hybridized carbons (Fsp3) is 0.231. The number of aliphatic hydroxyl groups is 1. The number of aryl methyl sites for hydroxylation is 1. The molecule has 0 bridgehead atoms. The van der Waals surface area contributed by atoms with Gasteiger partial charge in [-0.3, -0.25) is 14.5 Å². The highest BCUT2D eigenvalue weighted by Crippen LogP contribution is 2.43. The monoisotopic (exact) mass is 465 g/mol. The Bertz CT molecular complexity index is 1240. The molecule has 1 atom stereocenters. The van der Waals surface area contributed by atoms with Crippen molar-refractivity contribution in [2.24, 2.45) is 5.92 Å². The molecule has 7 heteroatoms. The number of carbonyl (C=O) groups is 2. The van der Waals surface area contributed by atoms with E-state index in [1.54, 1.807) is 67.6 Å². The van der Waals surface area contributed by atoms with E-state index in [1.165, 1.54) is 4.90 Å². The number of Topliss-reactive ketones (excluding diaryl/α,β-unsaturated/α-hetero) is 1. The van der Waals surface area contributed by atoms with Gasteiger partial charge < -0.3 is 14.3 Å². The lowest BCUT2D eigenvalue weighted by molar-refractivity contribution is -0.132. The van der Waals surface area contributed by atoms with Gasteiger partial charge in [-0.25, -0.2) is 0 Å². The minimum atomic E-state index is -0.947. The normalized spacial score (nSPS) is 17.7. The molecule has 33 heavy (non-hydrogen) atoms. The van der Waals surface area contributed by atoms with E-state index in [0.29, 0.717) is 46.1 Å². The number of hydrogen-bond donors (Lipinski definition) is 1. The highest BCUT2D eigenvalue weighted by Gasteiger charge is 2.48. The second-order valence-corrected chi connectivity index (χ2v) is 8.77. The number of furan rings is 1. The van der Waals surface area contributed by atoms with Crippen LogP contribution in [0.25, 0.3) is 5.76 Å². The minimum absolute atomic E-state index is 0.0599. The van der Waals surface area contributed by atoms with Crippen LogP contribution in [0.15, 0.2) is 70.7 Å². The van der Waals surface area contributed by atoms with Crippen LogP contribution in [0, 0.1) is 12.8 Å². The van der Waals surface area contributed by atoms with Crippen LogP contribution in [0.5, 0.6) is 5.75 Å². The van der Waals surface area contributed by atoms with E-state index in [0.717, 1.165) is 0 Å². The third-order valence-corrected chi connectivity index (χ3v) is 5.49. The first kappa shape index (κ1) is 22.7. The van der Waals surface area contributed by atoms with Crippen molar-refractivity contribution in [3.8, 4) is 5.75 Å². The summed E-state index contributed by atoms with van der Waals surface area (Å²) in [6.07, 6.45) is 0. The van der Waals surface area contributed by atoms with Crippen molar-refractivity contribution in [3.05, 3.63) is 88.3 Å². The maximum atomic E-state index is 13.2. The molecule has 1 aromatic heterocycles. The number of halogens is 1. The molecule has 0 spiro atoms. The summed E-state index contributed by atoms with van der Waals surface area (Å²) in [7, 11) is 0. The van der Waals surface area contributed by atoms with Crippen molar-refractivity contribution < 1.29 is 23.8 Å². The van der Waals surface area contributed by atoms with E-state index in [-0.39, 0.29) is 11.3 Å². The van der Waals surface area contributed by atoms with Crippen LogP contribution in [0.2, 0.25) is 5.02 Å². The molecule has 1 amide bonds. The maximum absolute atomic E-state index is 13.2. The number of carbonyl (C=O) groups excluding carboxylic acids is 2. The van der Waals surface area contributed by atoms with Crippen LogP contribution in [0.1, 0.15) is 37.0 Å². The molecule has 3 aromatic rings. The Morgan fingerprint density at radius 2 is 1.88 bits per heavy atom. The number of nitrogens with zero attached hydrogens (tertiary/aromatic N) is 1. The third-order valence-electron chi connectivity index (χ3n) is 5.25. The number of benzene rings is 2. The molecule has 2 heterocycles. The smallest absolute Gasteiger partial charge is 0.300 e. The van der Waals surface area contributed by atoms with Gasteiger partial charge in [0.25, 0.3) is 11.7 Å². The summed E-state index contributed by atoms with van der Waals surface area (Å²) in [6.45, 7) is 6.35. The highest BCUT2D eigenvalue weighted by molar-refractivity contribution is 6.51. The zero-order valence-electron chi connectivity index (χ0n) is 18.5. The van der Waals surface area contributed by atoms with Gasteiger partial charge in [-0.2, -0.15) is 0 Å². The Morgan fingerprint density at radius 3 is 2.55 bits per heavy atom. The van der Waals surface area contributed by atoms with E-state index < -0.39 is 17.7 Å². The molecule has 1 unspecified atom stereocenters. The van der Waals surface area contributed by atoms with E-state index in [9.17, 15) is 14.7 Å². The summed E-state index contributed by atoms with van der Waals surface area (Å²) in [5.74, 6) is -0.0158. The van der Waals surface area contributed by atoms with E-state index in [1.807, 2.05) is 13.8 Å². The fourth-order valence-corrected chi connectivity index (χ4v) is 3.93. The molecule has 0 radical (unpaired) electrons. The Labute approximate surface area is 197 Å². The molecule has 1 aliphatic rings. The molecule has 1 N–H and O–H groups in total. The van der Waals surface area contributed by atoms with E-state index in [2.05, 4.69) is 0 Å². The molecular weight excluding hydrogens is 442 g/mol. The summed E-state index contributed by atoms with van der Waals surface area (Å²) < 4.78 is 11.6. The molecule has 1 saturated heterocycles. The van der Waals surface area contributed by atoms with Crippen LogP contribution in [-0.2, 0) is 9.59 Å². The zero-order chi connectivity index (χ0) is 23.7. The van der Waals surface area contributed by atoms with Gasteiger partial charge in [0.15, 0.2) is 0 Å². The summed E-state index contributed by atoms with van der Waals surface area (Å²) >= 11 is 6.15. The van der Waals surface area contributed by atoms with Gasteiger partial charge in [0.05, 0.1) is 12.2 Å². The van der Waals surface area contributed by atoms with Crippen molar-refractivity contribution in [3.63, 3.8) is 0 Å². The predicted octanol–water partition coefficient (Wildman–Crippen LogP) is 5.90. The first-order valence-electron chi connectivity index (χ1n) is 10.6. The summed E-state index contributed by atoms with van der Waals surface area (Å²) in [5.41, 5.74) is 0.737. The van der Waals surface area contributed by atoms with Gasteiger partial charge in [-0.15, -0.1) is 0 Å². The lowest BCUT2D eigenvalue weighted by Gasteiger charge is -2.23. The summed E-state index contributed by atoms with van der Waals surface area (Å²) in [5, 5.41) is 11.6. The third kappa shape index (κ3) is 4.52. The highest BCUT2D eigenvalue weighted by atomic mass is 35.5. The molecule has 1 fully saturated rings. The number of ketones is 1. The fourth-order valence-electron chi connectivity index (χ4n) is 3.75. The van der Waals surface area contributed by atoms with Crippen LogP contribution < -0.4 is 9.64 Å². The van der Waals surface area contributed by atoms with Crippen LogP contribution in [0.3, 0.4) is 0 Å². The van der Waals surface area contributed by atoms with Crippen molar-refractivity contribution in [2.45, 2.75) is 26.8 Å². The summed E-state index contributed by atoms with van der Waals surface area (Å²) in [4.78, 5) is 27.6. The Balaban J connectivity index is 1.85. The molecule has 170 valence electrons. The summed E-state index contributed by atoms with van der Waals surface area (Å²) in [6, 6.07) is 15.9. The van der Waals surface area contributed by atoms with Crippen LogP contribution >= 0.6 is 11.6 Å². The number of rotatable bonds is 6. The molecule has 2 aromatic carbocycles. The van der Waals surface area contributed by atoms with E-state index in [4.69, 9.17) is 20.8 Å². The number of hydrogen-bond acceptors (Lipinski definition) is 5. The van der Waals surface area contributed by atoms with Gasteiger partial charge in [-0.05, 0) is 55.3 Å². The number of amides is 1. The van der Waals surface area contributed by atoms with Gasteiger partial charge in [0.1, 0.15) is 29.1 Å². The Morgan fingerprint density at radius 1 is 1.12 bits per heavy atom. The molecule has 0 aliphatic carbocycles. The van der Waals surface area contributed by atoms with Crippen molar-refractivity contribution >= 4 is 34.7 Å². The lowest BCUT2D eigenvalue weighted by Crippen LogP contribution is -2.29. The first-order chi connectivity index (χ1) is 15.8. The average molecular weight is 466 g/mol.